The van der Waals surface area contributed by atoms with E-state index in [0.29, 0.717) is 31.6 Å². The van der Waals surface area contributed by atoms with Crippen molar-refractivity contribution in [3.05, 3.63) is 29.6 Å². The minimum atomic E-state index is -3.81. The van der Waals surface area contributed by atoms with Crippen LogP contribution in [0.25, 0.3) is 0 Å². The van der Waals surface area contributed by atoms with E-state index in [9.17, 15) is 17.9 Å². The molecule has 0 amide bonds. The van der Waals surface area contributed by atoms with E-state index in [1.54, 1.807) is 0 Å². The van der Waals surface area contributed by atoms with E-state index >= 15 is 0 Å². The quantitative estimate of drug-likeness (QED) is 0.868. The lowest BCUT2D eigenvalue weighted by atomic mass is 9.93. The van der Waals surface area contributed by atoms with Crippen LogP contribution >= 0.6 is 0 Å². The van der Waals surface area contributed by atoms with Gasteiger partial charge in [-0.25, -0.2) is 17.5 Å². The molecule has 0 bridgehead atoms. The normalized spacial score (nSPS) is 18.9. The lowest BCUT2D eigenvalue weighted by Gasteiger charge is -2.36. The highest BCUT2D eigenvalue weighted by atomic mass is 32.2. The summed E-state index contributed by atoms with van der Waals surface area (Å²) in [5.74, 6) is -0.482. The Kier molecular flexibility index (Phi) is 4.43. The van der Waals surface area contributed by atoms with Crippen molar-refractivity contribution >= 4 is 10.0 Å². The molecule has 1 fully saturated rings. The van der Waals surface area contributed by atoms with Crippen LogP contribution in [0.15, 0.2) is 23.1 Å². The molecule has 1 saturated heterocycles. The summed E-state index contributed by atoms with van der Waals surface area (Å²) < 4.78 is 45.6. The molecule has 1 aliphatic rings. The van der Waals surface area contributed by atoms with Gasteiger partial charge in [-0.3, -0.25) is 0 Å². The minimum absolute atomic E-state index is 0.0261. The molecular weight excluding hydrogens is 285 g/mol. The fourth-order valence-corrected chi connectivity index (χ4v) is 3.99. The highest BCUT2D eigenvalue weighted by molar-refractivity contribution is 7.89. The average molecular weight is 303 g/mol. The smallest absolute Gasteiger partial charge is 0.241 e. The second-order valence-electron chi connectivity index (χ2n) is 5.07. The first-order chi connectivity index (χ1) is 9.38. The number of hydrogen-bond acceptors (Lipinski definition) is 4. The number of nitrogens with one attached hydrogen (secondary N) is 1. The number of rotatable bonds is 4. The zero-order chi connectivity index (χ0) is 14.8. The molecule has 7 heteroatoms. The van der Waals surface area contributed by atoms with E-state index in [-0.39, 0.29) is 11.5 Å². The maximum Gasteiger partial charge on any atom is 0.241 e. The average Bonchev–Trinajstić information content (AvgIpc) is 2.38. The monoisotopic (exact) mass is 303 g/mol. The van der Waals surface area contributed by atoms with Gasteiger partial charge in [0.1, 0.15) is 5.82 Å². The molecule has 0 unspecified atom stereocenters. The number of benzene rings is 1. The van der Waals surface area contributed by atoms with Gasteiger partial charge in [-0.05, 0) is 43.5 Å². The third kappa shape index (κ3) is 3.17. The van der Waals surface area contributed by atoms with Crippen LogP contribution in [0, 0.1) is 12.7 Å². The van der Waals surface area contributed by atoms with Crippen molar-refractivity contribution in [2.24, 2.45) is 0 Å². The van der Waals surface area contributed by atoms with Gasteiger partial charge in [0.25, 0.3) is 0 Å². The van der Waals surface area contributed by atoms with E-state index in [4.69, 9.17) is 4.74 Å². The molecule has 1 aromatic carbocycles. The van der Waals surface area contributed by atoms with Crippen molar-refractivity contribution in [2.75, 3.05) is 19.8 Å². The van der Waals surface area contributed by atoms with Crippen LogP contribution in [-0.4, -0.2) is 38.9 Å². The number of aliphatic hydroxyl groups is 1. The second-order valence-corrected chi connectivity index (χ2v) is 6.72. The zero-order valence-electron chi connectivity index (χ0n) is 11.2. The summed E-state index contributed by atoms with van der Waals surface area (Å²) in [6.45, 7) is 2.03. The SMILES string of the molecule is Cc1cc(F)ccc1S(=O)(=O)NC1(CO)CCOCC1. The van der Waals surface area contributed by atoms with Gasteiger partial charge in [0.05, 0.1) is 17.0 Å². The van der Waals surface area contributed by atoms with Gasteiger partial charge < -0.3 is 9.84 Å². The van der Waals surface area contributed by atoms with Crippen molar-refractivity contribution in [1.29, 1.82) is 0 Å². The lowest BCUT2D eigenvalue weighted by Crippen LogP contribution is -2.54. The molecule has 0 spiro atoms. The van der Waals surface area contributed by atoms with Gasteiger partial charge in [-0.1, -0.05) is 0 Å². The molecule has 0 atom stereocenters. The van der Waals surface area contributed by atoms with Crippen LogP contribution in [-0.2, 0) is 14.8 Å². The first-order valence-corrected chi connectivity index (χ1v) is 7.86. The molecule has 0 radical (unpaired) electrons. The Hall–Kier alpha value is -1.02. The predicted octanol–water partition coefficient (Wildman–Crippen LogP) is 0.954. The first-order valence-electron chi connectivity index (χ1n) is 6.37. The number of aliphatic hydroxyl groups excluding tert-OH is 1. The third-order valence-electron chi connectivity index (χ3n) is 3.53. The number of sulfonamides is 1. The van der Waals surface area contributed by atoms with Crippen LogP contribution < -0.4 is 4.72 Å². The van der Waals surface area contributed by atoms with Gasteiger partial charge in [0.15, 0.2) is 0 Å². The predicted molar refractivity (Wildman–Crippen MR) is 71.3 cm³/mol. The topological polar surface area (TPSA) is 75.6 Å². The molecule has 5 nitrogen and oxygen atoms in total. The molecule has 0 aromatic heterocycles. The summed E-state index contributed by atoms with van der Waals surface area (Å²) in [5.41, 5.74) is -0.574. The Bertz CT molecular complexity index is 582. The molecular formula is C13H18FNO4S. The van der Waals surface area contributed by atoms with Gasteiger partial charge in [0, 0.05) is 13.2 Å². The molecule has 2 rings (SSSR count). The Labute approximate surface area is 117 Å². The maximum atomic E-state index is 13.1. The number of ether oxygens (including phenoxy) is 1. The molecule has 2 N–H and O–H groups in total. The zero-order valence-corrected chi connectivity index (χ0v) is 12.0. The van der Waals surface area contributed by atoms with Crippen LogP contribution in [0.4, 0.5) is 4.39 Å². The van der Waals surface area contributed by atoms with E-state index in [2.05, 4.69) is 4.72 Å². The third-order valence-corrected chi connectivity index (χ3v) is 5.27. The lowest BCUT2D eigenvalue weighted by molar-refractivity contribution is 0.0223. The largest absolute Gasteiger partial charge is 0.394 e. The Morgan fingerprint density at radius 2 is 2.05 bits per heavy atom. The van der Waals surface area contributed by atoms with Gasteiger partial charge >= 0.3 is 0 Å². The van der Waals surface area contributed by atoms with Crippen LogP contribution in [0.5, 0.6) is 0 Å². The van der Waals surface area contributed by atoms with Crippen molar-refractivity contribution in [3.63, 3.8) is 0 Å². The summed E-state index contributed by atoms with van der Waals surface area (Å²) in [6, 6.07) is 3.51. The van der Waals surface area contributed by atoms with Gasteiger partial charge in [-0.2, -0.15) is 0 Å². The fourth-order valence-electron chi connectivity index (χ4n) is 2.31. The van der Waals surface area contributed by atoms with Gasteiger partial charge in [0.2, 0.25) is 10.0 Å². The van der Waals surface area contributed by atoms with Crippen LogP contribution in [0.2, 0.25) is 0 Å². The van der Waals surface area contributed by atoms with Crippen molar-refractivity contribution in [3.8, 4) is 0 Å². The fraction of sp³-hybridized carbons (Fsp3) is 0.538. The molecule has 1 aromatic rings. The van der Waals surface area contributed by atoms with Crippen LogP contribution in [0.1, 0.15) is 18.4 Å². The number of halogens is 1. The standard InChI is InChI=1S/C13H18FNO4S/c1-10-8-11(14)2-3-12(10)20(17,18)15-13(9-16)4-6-19-7-5-13/h2-3,8,15-16H,4-7,9H2,1H3. The van der Waals surface area contributed by atoms with E-state index in [1.165, 1.54) is 19.1 Å². The molecule has 1 heterocycles. The van der Waals surface area contributed by atoms with E-state index in [1.807, 2.05) is 0 Å². The van der Waals surface area contributed by atoms with Crippen LogP contribution in [0.3, 0.4) is 0 Å². The summed E-state index contributed by atoms with van der Waals surface area (Å²) in [4.78, 5) is 0.0261. The summed E-state index contributed by atoms with van der Waals surface area (Å²) in [7, 11) is -3.81. The summed E-state index contributed by atoms with van der Waals surface area (Å²) >= 11 is 0. The molecule has 112 valence electrons. The second kappa shape index (κ2) is 5.77. The highest BCUT2D eigenvalue weighted by Gasteiger charge is 2.36. The highest BCUT2D eigenvalue weighted by Crippen LogP contribution is 2.24. The Balaban J connectivity index is 2.30. The Morgan fingerprint density at radius 3 is 2.60 bits per heavy atom. The summed E-state index contributed by atoms with van der Waals surface area (Å²) in [5, 5.41) is 9.52. The number of aryl methyl sites for hydroxylation is 1. The van der Waals surface area contributed by atoms with Crippen molar-refractivity contribution in [1.82, 2.24) is 4.72 Å². The van der Waals surface area contributed by atoms with E-state index < -0.39 is 21.4 Å². The summed E-state index contributed by atoms with van der Waals surface area (Å²) in [6.07, 6.45) is 0.811. The molecule has 20 heavy (non-hydrogen) atoms. The van der Waals surface area contributed by atoms with E-state index in [0.717, 1.165) is 6.07 Å². The molecule has 0 saturated carbocycles. The Morgan fingerprint density at radius 1 is 1.40 bits per heavy atom. The molecule has 0 aliphatic carbocycles. The van der Waals surface area contributed by atoms with Crippen molar-refractivity contribution in [2.45, 2.75) is 30.2 Å². The van der Waals surface area contributed by atoms with Gasteiger partial charge in [-0.15, -0.1) is 0 Å². The van der Waals surface area contributed by atoms with Crippen molar-refractivity contribution < 1.29 is 22.7 Å². The first kappa shape index (κ1) is 15.4. The molecule has 1 aliphatic heterocycles. The maximum absolute atomic E-state index is 13.1. The number of hydrogen-bond donors (Lipinski definition) is 2. The minimum Gasteiger partial charge on any atom is -0.394 e.